The highest BCUT2D eigenvalue weighted by Gasteiger charge is 2.19. The van der Waals surface area contributed by atoms with E-state index in [4.69, 9.17) is 5.11 Å². The molecule has 0 saturated carbocycles. The van der Waals surface area contributed by atoms with Gasteiger partial charge in [-0.3, -0.25) is 4.79 Å². The number of hydrogen-bond acceptors (Lipinski definition) is 3. The molecule has 0 spiro atoms. The van der Waals surface area contributed by atoms with Crippen LogP contribution in [0.4, 0.5) is 5.69 Å². The van der Waals surface area contributed by atoms with Crippen LogP contribution in [0.15, 0.2) is 23.7 Å². The standard InChI is InChI=1S/C14H16N2O3S/c1-8(2)16-6-4-5-10(16)13(17)15-11-9(3)7-20-12(11)14(18)19/h4-8H,1-3H3,(H,15,17)(H,18,19). The zero-order valence-corrected chi connectivity index (χ0v) is 12.3. The maximum Gasteiger partial charge on any atom is 0.348 e. The number of amides is 1. The van der Waals surface area contributed by atoms with E-state index >= 15 is 0 Å². The summed E-state index contributed by atoms with van der Waals surface area (Å²) in [6.07, 6.45) is 1.83. The minimum Gasteiger partial charge on any atom is -0.477 e. The van der Waals surface area contributed by atoms with Crippen molar-refractivity contribution in [2.24, 2.45) is 0 Å². The summed E-state index contributed by atoms with van der Waals surface area (Å²) in [5.74, 6) is -1.33. The number of nitrogens with zero attached hydrogens (tertiary/aromatic N) is 1. The van der Waals surface area contributed by atoms with Crippen molar-refractivity contribution in [3.63, 3.8) is 0 Å². The van der Waals surface area contributed by atoms with E-state index in [0.29, 0.717) is 11.4 Å². The van der Waals surface area contributed by atoms with Gasteiger partial charge in [0.1, 0.15) is 10.6 Å². The Hall–Kier alpha value is -2.08. The Morgan fingerprint density at radius 3 is 2.70 bits per heavy atom. The second kappa shape index (κ2) is 5.50. The number of carbonyl (C=O) groups is 2. The van der Waals surface area contributed by atoms with Crippen LogP contribution in [0.1, 0.15) is 45.6 Å². The number of nitrogens with one attached hydrogen (secondary N) is 1. The first-order chi connectivity index (χ1) is 9.41. The predicted octanol–water partition coefficient (Wildman–Crippen LogP) is 3.39. The summed E-state index contributed by atoms with van der Waals surface area (Å²) in [6.45, 7) is 5.74. The molecule has 0 fully saturated rings. The molecule has 2 aromatic heterocycles. The number of rotatable bonds is 4. The van der Waals surface area contributed by atoms with E-state index in [0.717, 1.165) is 16.9 Å². The molecule has 0 aromatic carbocycles. The Morgan fingerprint density at radius 1 is 1.40 bits per heavy atom. The second-order valence-electron chi connectivity index (χ2n) is 4.78. The molecule has 0 radical (unpaired) electrons. The van der Waals surface area contributed by atoms with E-state index in [1.165, 1.54) is 0 Å². The topological polar surface area (TPSA) is 71.3 Å². The average Bonchev–Trinajstić information content (AvgIpc) is 2.97. The van der Waals surface area contributed by atoms with Crippen LogP contribution in [-0.4, -0.2) is 21.6 Å². The molecule has 1 amide bonds. The number of carboxylic acids is 1. The smallest absolute Gasteiger partial charge is 0.348 e. The van der Waals surface area contributed by atoms with Crippen molar-refractivity contribution in [1.82, 2.24) is 4.57 Å². The van der Waals surface area contributed by atoms with E-state index in [1.54, 1.807) is 24.4 Å². The number of aromatic carboxylic acids is 1. The van der Waals surface area contributed by atoms with Crippen molar-refractivity contribution in [3.05, 3.63) is 39.8 Å². The summed E-state index contributed by atoms with van der Waals surface area (Å²) in [4.78, 5) is 23.6. The van der Waals surface area contributed by atoms with Crippen molar-refractivity contribution in [3.8, 4) is 0 Å². The van der Waals surface area contributed by atoms with Gasteiger partial charge in [-0.1, -0.05) is 0 Å². The van der Waals surface area contributed by atoms with Crippen molar-refractivity contribution < 1.29 is 14.7 Å². The Morgan fingerprint density at radius 2 is 2.10 bits per heavy atom. The minimum atomic E-state index is -1.03. The first-order valence-electron chi connectivity index (χ1n) is 6.21. The van der Waals surface area contributed by atoms with Gasteiger partial charge >= 0.3 is 5.97 Å². The Kier molecular flexibility index (Phi) is 3.94. The van der Waals surface area contributed by atoms with Gasteiger partial charge in [0.05, 0.1) is 5.69 Å². The third kappa shape index (κ3) is 2.60. The lowest BCUT2D eigenvalue weighted by Gasteiger charge is -2.13. The third-order valence-corrected chi connectivity index (χ3v) is 4.06. The largest absolute Gasteiger partial charge is 0.477 e. The monoisotopic (exact) mass is 292 g/mol. The molecule has 0 aliphatic heterocycles. The molecule has 106 valence electrons. The van der Waals surface area contributed by atoms with Crippen LogP contribution in [0.2, 0.25) is 0 Å². The van der Waals surface area contributed by atoms with Crippen LogP contribution in [0.25, 0.3) is 0 Å². The number of anilines is 1. The number of aryl methyl sites for hydroxylation is 1. The summed E-state index contributed by atoms with van der Waals surface area (Å²) < 4.78 is 1.84. The highest BCUT2D eigenvalue weighted by atomic mass is 32.1. The number of hydrogen-bond donors (Lipinski definition) is 2. The van der Waals surface area contributed by atoms with Crippen molar-refractivity contribution in [2.45, 2.75) is 26.8 Å². The predicted molar refractivity (Wildman–Crippen MR) is 78.8 cm³/mol. The molecule has 0 aliphatic carbocycles. The molecule has 6 heteroatoms. The zero-order chi connectivity index (χ0) is 14.9. The SMILES string of the molecule is Cc1csc(C(=O)O)c1NC(=O)c1cccn1C(C)C. The fourth-order valence-corrected chi connectivity index (χ4v) is 2.81. The fraction of sp³-hybridized carbons (Fsp3) is 0.286. The highest BCUT2D eigenvalue weighted by Crippen LogP contribution is 2.28. The average molecular weight is 292 g/mol. The van der Waals surface area contributed by atoms with Crippen molar-refractivity contribution in [1.29, 1.82) is 0 Å². The molecule has 20 heavy (non-hydrogen) atoms. The van der Waals surface area contributed by atoms with Crippen LogP contribution in [0.3, 0.4) is 0 Å². The number of carboxylic acid groups (broad SMARTS) is 1. The highest BCUT2D eigenvalue weighted by molar-refractivity contribution is 7.12. The Labute approximate surface area is 120 Å². The van der Waals surface area contributed by atoms with Crippen LogP contribution in [-0.2, 0) is 0 Å². The summed E-state index contributed by atoms with van der Waals surface area (Å²) in [6, 6.07) is 3.68. The van der Waals surface area contributed by atoms with E-state index < -0.39 is 5.97 Å². The third-order valence-electron chi connectivity index (χ3n) is 2.98. The molecular formula is C14H16N2O3S. The second-order valence-corrected chi connectivity index (χ2v) is 5.66. The van der Waals surface area contributed by atoms with Gasteiger partial charge in [0.15, 0.2) is 0 Å². The zero-order valence-electron chi connectivity index (χ0n) is 11.5. The molecule has 2 rings (SSSR count). The minimum absolute atomic E-state index is 0.151. The van der Waals surface area contributed by atoms with E-state index in [1.807, 2.05) is 24.6 Å². The van der Waals surface area contributed by atoms with E-state index in [-0.39, 0.29) is 16.8 Å². The number of carbonyl (C=O) groups excluding carboxylic acids is 1. The lowest BCUT2D eigenvalue weighted by atomic mass is 10.2. The Balaban J connectivity index is 2.31. The molecule has 0 aliphatic rings. The molecule has 2 aromatic rings. The molecule has 0 atom stereocenters. The Bertz CT molecular complexity index is 655. The van der Waals surface area contributed by atoms with Crippen molar-refractivity contribution in [2.75, 3.05) is 5.32 Å². The molecule has 0 unspecified atom stereocenters. The van der Waals surface area contributed by atoms with Crippen LogP contribution in [0.5, 0.6) is 0 Å². The molecule has 2 N–H and O–H groups in total. The van der Waals surface area contributed by atoms with Gasteiger partial charge in [0.25, 0.3) is 5.91 Å². The molecule has 0 saturated heterocycles. The maximum atomic E-state index is 12.3. The van der Waals surface area contributed by atoms with Crippen molar-refractivity contribution >= 4 is 28.9 Å². The molecular weight excluding hydrogens is 276 g/mol. The van der Waals surface area contributed by atoms with Crippen LogP contribution in [0, 0.1) is 6.92 Å². The normalized spacial score (nSPS) is 10.8. The van der Waals surface area contributed by atoms with Gasteiger partial charge in [-0.2, -0.15) is 0 Å². The first-order valence-corrected chi connectivity index (χ1v) is 7.09. The molecule has 0 bridgehead atoms. The number of thiophene rings is 1. The molecule has 2 heterocycles. The van der Waals surface area contributed by atoms with Crippen LogP contribution >= 0.6 is 11.3 Å². The van der Waals surface area contributed by atoms with E-state index in [2.05, 4.69) is 5.32 Å². The van der Waals surface area contributed by atoms with Crippen LogP contribution < -0.4 is 5.32 Å². The quantitative estimate of drug-likeness (QED) is 0.907. The van der Waals surface area contributed by atoms with Gasteiger partial charge in [0, 0.05) is 12.2 Å². The fourth-order valence-electron chi connectivity index (χ4n) is 1.97. The van der Waals surface area contributed by atoms with Gasteiger partial charge in [-0.15, -0.1) is 11.3 Å². The van der Waals surface area contributed by atoms with Gasteiger partial charge in [0.2, 0.25) is 0 Å². The first kappa shape index (κ1) is 14.3. The van der Waals surface area contributed by atoms with Gasteiger partial charge in [-0.05, 0) is 43.8 Å². The summed E-state index contributed by atoms with van der Waals surface area (Å²) in [7, 11) is 0. The lowest BCUT2D eigenvalue weighted by Crippen LogP contribution is -2.19. The summed E-state index contributed by atoms with van der Waals surface area (Å²) in [5.41, 5.74) is 1.65. The summed E-state index contributed by atoms with van der Waals surface area (Å²) >= 11 is 1.11. The van der Waals surface area contributed by atoms with Gasteiger partial charge in [-0.25, -0.2) is 4.79 Å². The summed E-state index contributed by atoms with van der Waals surface area (Å²) in [5, 5.41) is 13.5. The molecule has 5 nitrogen and oxygen atoms in total. The lowest BCUT2D eigenvalue weighted by molar-refractivity contribution is 0.0703. The van der Waals surface area contributed by atoms with E-state index in [9.17, 15) is 9.59 Å². The number of aromatic nitrogens is 1. The van der Waals surface area contributed by atoms with Gasteiger partial charge < -0.3 is 15.0 Å². The maximum absolute atomic E-state index is 12.3.